The Morgan fingerprint density at radius 1 is 1.62 bits per heavy atom. The van der Waals surface area contributed by atoms with Gasteiger partial charge in [0.2, 0.25) is 5.88 Å². The largest absolute Gasteiger partial charge is 0.546 e. The van der Waals surface area contributed by atoms with Gasteiger partial charge in [-0.2, -0.15) is 0 Å². The third-order valence-electron chi connectivity index (χ3n) is 1.10. The van der Waals surface area contributed by atoms with Crippen LogP contribution >= 0.6 is 23.2 Å². The molecule has 4 nitrogen and oxygen atoms in total. The number of hydrogen-bond acceptors (Lipinski definition) is 4. The molecule has 0 aliphatic heterocycles. The highest BCUT2D eigenvalue weighted by Crippen LogP contribution is 2.24. The van der Waals surface area contributed by atoms with Crippen LogP contribution in [0.5, 0.6) is 5.88 Å². The van der Waals surface area contributed by atoms with Crippen LogP contribution in [0.4, 0.5) is 0 Å². The molecule has 0 aliphatic carbocycles. The Balaban J connectivity index is 2.72. The van der Waals surface area contributed by atoms with Crippen LogP contribution in [-0.2, 0) is 4.79 Å². The molecule has 0 amide bonds. The second kappa shape index (κ2) is 4.30. The number of pyridine rings is 1. The summed E-state index contributed by atoms with van der Waals surface area (Å²) in [6, 6.07) is 1.40. The number of carboxylic acids is 1. The number of rotatable bonds is 3. The van der Waals surface area contributed by atoms with Crippen LogP contribution in [-0.4, -0.2) is 17.6 Å². The SMILES string of the molecule is O=C([O-])COc1ncc(Cl)cc1Cl. The molecule has 1 heterocycles. The Morgan fingerprint density at radius 2 is 2.31 bits per heavy atom. The molecule has 70 valence electrons. The number of hydrogen-bond donors (Lipinski definition) is 0. The summed E-state index contributed by atoms with van der Waals surface area (Å²) in [7, 11) is 0. The fourth-order valence-corrected chi connectivity index (χ4v) is 1.07. The normalized spacial score (nSPS) is 9.69. The van der Waals surface area contributed by atoms with Crippen molar-refractivity contribution in [2.75, 3.05) is 6.61 Å². The van der Waals surface area contributed by atoms with Crippen LogP contribution in [0.1, 0.15) is 0 Å². The molecule has 1 aromatic rings. The van der Waals surface area contributed by atoms with Gasteiger partial charge in [0.15, 0.2) is 0 Å². The van der Waals surface area contributed by atoms with Crippen molar-refractivity contribution in [1.82, 2.24) is 4.98 Å². The van der Waals surface area contributed by atoms with Crippen molar-refractivity contribution in [3.63, 3.8) is 0 Å². The fourth-order valence-electron chi connectivity index (χ4n) is 0.636. The minimum atomic E-state index is -1.34. The highest BCUT2D eigenvalue weighted by atomic mass is 35.5. The minimum Gasteiger partial charge on any atom is -0.546 e. The number of carboxylic acid groups (broad SMARTS) is 1. The maximum atomic E-state index is 10.0. The van der Waals surface area contributed by atoms with E-state index in [0.29, 0.717) is 5.02 Å². The maximum Gasteiger partial charge on any atom is 0.233 e. The van der Waals surface area contributed by atoms with Crippen LogP contribution in [0, 0.1) is 0 Å². The number of aromatic nitrogens is 1. The molecule has 0 aromatic carbocycles. The topological polar surface area (TPSA) is 62.2 Å². The minimum absolute atomic E-state index is 0.0234. The van der Waals surface area contributed by atoms with Gasteiger partial charge in [0.05, 0.1) is 11.0 Å². The summed E-state index contributed by atoms with van der Waals surface area (Å²) < 4.78 is 4.69. The quantitative estimate of drug-likeness (QED) is 0.746. The molecule has 0 spiro atoms. The van der Waals surface area contributed by atoms with Crippen molar-refractivity contribution < 1.29 is 14.6 Å². The van der Waals surface area contributed by atoms with E-state index in [4.69, 9.17) is 23.2 Å². The molecule has 0 aliphatic rings. The van der Waals surface area contributed by atoms with Gasteiger partial charge in [-0.15, -0.1) is 0 Å². The van der Waals surface area contributed by atoms with Crippen molar-refractivity contribution in [3.8, 4) is 5.88 Å². The second-order valence-corrected chi connectivity index (χ2v) is 2.94. The van der Waals surface area contributed by atoms with E-state index in [1.807, 2.05) is 0 Å². The van der Waals surface area contributed by atoms with Gasteiger partial charge >= 0.3 is 0 Å². The van der Waals surface area contributed by atoms with Gasteiger partial charge in [0.25, 0.3) is 0 Å². The van der Waals surface area contributed by atoms with Crippen molar-refractivity contribution in [3.05, 3.63) is 22.3 Å². The molecule has 13 heavy (non-hydrogen) atoms. The van der Waals surface area contributed by atoms with E-state index in [1.54, 1.807) is 0 Å². The van der Waals surface area contributed by atoms with Gasteiger partial charge in [-0.1, -0.05) is 23.2 Å². The van der Waals surface area contributed by atoms with Gasteiger partial charge in [-0.25, -0.2) is 4.98 Å². The van der Waals surface area contributed by atoms with Gasteiger partial charge < -0.3 is 14.6 Å². The second-order valence-electron chi connectivity index (χ2n) is 2.10. The molecule has 0 atom stereocenters. The molecular weight excluding hydrogens is 217 g/mol. The van der Waals surface area contributed by atoms with Gasteiger partial charge in [0.1, 0.15) is 11.6 Å². The lowest BCUT2D eigenvalue weighted by Crippen LogP contribution is -2.29. The monoisotopic (exact) mass is 220 g/mol. The molecule has 0 fully saturated rings. The van der Waals surface area contributed by atoms with E-state index in [-0.39, 0.29) is 10.9 Å². The zero-order valence-corrected chi connectivity index (χ0v) is 7.80. The zero-order chi connectivity index (χ0) is 9.84. The summed E-state index contributed by atoms with van der Waals surface area (Å²) in [6.07, 6.45) is 1.30. The Kier molecular flexibility index (Phi) is 3.33. The lowest BCUT2D eigenvalue weighted by Gasteiger charge is -2.06. The molecule has 0 saturated carbocycles. The summed E-state index contributed by atoms with van der Waals surface area (Å²) in [4.78, 5) is 13.7. The molecule has 0 unspecified atom stereocenters. The molecular formula is C7H4Cl2NO3-. The number of carbonyl (C=O) groups excluding carboxylic acids is 1. The lowest BCUT2D eigenvalue weighted by molar-refractivity contribution is -0.307. The van der Waals surface area contributed by atoms with E-state index in [9.17, 15) is 9.90 Å². The first-order valence-electron chi connectivity index (χ1n) is 3.23. The number of ether oxygens (including phenoxy) is 1. The average molecular weight is 221 g/mol. The number of aliphatic carboxylic acids is 1. The lowest BCUT2D eigenvalue weighted by atomic mass is 10.5. The van der Waals surface area contributed by atoms with Crippen molar-refractivity contribution >= 4 is 29.2 Å². The summed E-state index contributed by atoms with van der Waals surface area (Å²) in [5, 5.41) is 10.5. The standard InChI is InChI=1S/C7H5Cl2NO3/c8-4-1-5(9)7(10-2-4)13-3-6(11)12/h1-2H,3H2,(H,11,12)/p-1. The van der Waals surface area contributed by atoms with Gasteiger partial charge in [-0.05, 0) is 6.07 Å². The third-order valence-corrected chi connectivity index (χ3v) is 1.58. The van der Waals surface area contributed by atoms with E-state index in [2.05, 4.69) is 9.72 Å². The highest BCUT2D eigenvalue weighted by molar-refractivity contribution is 6.35. The Bertz CT molecular complexity index is 330. The number of nitrogens with zero attached hydrogens (tertiary/aromatic N) is 1. The summed E-state index contributed by atoms with van der Waals surface area (Å²) >= 11 is 11.2. The number of carbonyl (C=O) groups is 1. The van der Waals surface area contributed by atoms with Crippen LogP contribution in [0.2, 0.25) is 10.0 Å². The maximum absolute atomic E-state index is 10.0. The molecule has 6 heteroatoms. The number of halogens is 2. The van der Waals surface area contributed by atoms with Crippen LogP contribution in [0.3, 0.4) is 0 Å². The van der Waals surface area contributed by atoms with Crippen LogP contribution in [0.15, 0.2) is 12.3 Å². The highest BCUT2D eigenvalue weighted by Gasteiger charge is 2.03. The Hall–Kier alpha value is -1.000. The predicted octanol–water partition coefficient (Wildman–Crippen LogP) is 0.517. The van der Waals surface area contributed by atoms with E-state index in [0.717, 1.165) is 0 Å². The van der Waals surface area contributed by atoms with E-state index < -0.39 is 12.6 Å². The molecule has 0 N–H and O–H groups in total. The Labute approximate surface area is 84.1 Å². The summed E-state index contributed by atoms with van der Waals surface area (Å²) in [5.74, 6) is -1.32. The molecule has 0 bridgehead atoms. The van der Waals surface area contributed by atoms with Gasteiger partial charge in [-0.3, -0.25) is 0 Å². The Morgan fingerprint density at radius 3 is 2.85 bits per heavy atom. The molecule has 0 saturated heterocycles. The van der Waals surface area contributed by atoms with Crippen molar-refractivity contribution in [1.29, 1.82) is 0 Å². The first-order chi connectivity index (χ1) is 6.09. The molecule has 1 aromatic heterocycles. The third kappa shape index (κ3) is 3.08. The first kappa shape index (κ1) is 10.1. The molecule has 0 radical (unpaired) electrons. The van der Waals surface area contributed by atoms with Crippen molar-refractivity contribution in [2.24, 2.45) is 0 Å². The van der Waals surface area contributed by atoms with Gasteiger partial charge in [0, 0.05) is 6.20 Å². The first-order valence-corrected chi connectivity index (χ1v) is 3.99. The van der Waals surface area contributed by atoms with Crippen LogP contribution in [0.25, 0.3) is 0 Å². The fraction of sp³-hybridized carbons (Fsp3) is 0.143. The molecule has 1 rings (SSSR count). The predicted molar refractivity (Wildman–Crippen MR) is 44.8 cm³/mol. The van der Waals surface area contributed by atoms with Crippen LogP contribution < -0.4 is 9.84 Å². The smallest absolute Gasteiger partial charge is 0.233 e. The van der Waals surface area contributed by atoms with E-state index >= 15 is 0 Å². The summed E-state index contributed by atoms with van der Waals surface area (Å²) in [5.41, 5.74) is 0. The summed E-state index contributed by atoms with van der Waals surface area (Å²) in [6.45, 7) is -0.589. The van der Waals surface area contributed by atoms with E-state index in [1.165, 1.54) is 12.3 Å². The average Bonchev–Trinajstić information content (AvgIpc) is 2.02. The van der Waals surface area contributed by atoms with Crippen molar-refractivity contribution in [2.45, 2.75) is 0 Å². The zero-order valence-electron chi connectivity index (χ0n) is 6.29.